The number of hydrogen-bond donors (Lipinski definition) is 2. The van der Waals surface area contributed by atoms with Gasteiger partial charge in [-0.15, -0.1) is 0 Å². The number of carbonyl (C=O) groups excluding carboxylic acids is 4. The second-order valence-electron chi connectivity index (χ2n) is 8.88. The molecule has 9 heteroatoms. The molecule has 31 heavy (non-hydrogen) atoms. The van der Waals surface area contributed by atoms with Crippen molar-refractivity contribution in [3.05, 3.63) is 52.4 Å². The van der Waals surface area contributed by atoms with Crippen molar-refractivity contribution in [2.24, 2.45) is 0 Å². The molecule has 1 fully saturated rings. The topological polar surface area (TPSA) is 122 Å². The average Bonchev–Trinajstić information content (AvgIpc) is 3.31. The zero-order valence-corrected chi connectivity index (χ0v) is 17.7. The number of nitrogens with one attached hydrogen (secondary N) is 2. The van der Waals surface area contributed by atoms with E-state index in [4.69, 9.17) is 4.52 Å². The van der Waals surface area contributed by atoms with Crippen LogP contribution in [-0.2, 0) is 28.1 Å². The van der Waals surface area contributed by atoms with Crippen molar-refractivity contribution >= 4 is 23.6 Å². The highest BCUT2D eigenvalue weighted by atomic mass is 16.5. The third kappa shape index (κ3) is 4.08. The fraction of sp³-hybridized carbons (Fsp3) is 0.409. The fourth-order valence-electron chi connectivity index (χ4n) is 3.73. The van der Waals surface area contributed by atoms with Gasteiger partial charge in [0.2, 0.25) is 11.8 Å². The van der Waals surface area contributed by atoms with Gasteiger partial charge >= 0.3 is 0 Å². The van der Waals surface area contributed by atoms with Crippen LogP contribution in [0.1, 0.15) is 71.3 Å². The molecule has 162 valence electrons. The van der Waals surface area contributed by atoms with Crippen molar-refractivity contribution in [2.75, 3.05) is 0 Å². The maximum atomic E-state index is 12.7. The molecule has 4 amide bonds. The molecular weight excluding hydrogens is 400 g/mol. The molecule has 2 N–H and O–H groups in total. The van der Waals surface area contributed by atoms with Gasteiger partial charge in [-0.1, -0.05) is 25.9 Å². The van der Waals surface area contributed by atoms with Crippen molar-refractivity contribution in [3.63, 3.8) is 0 Å². The van der Waals surface area contributed by atoms with Crippen LogP contribution >= 0.6 is 0 Å². The summed E-state index contributed by atoms with van der Waals surface area (Å²) in [5, 5.41) is 9.11. The molecule has 2 aromatic rings. The molecule has 0 aliphatic carbocycles. The molecule has 1 aromatic carbocycles. The molecule has 3 heterocycles. The molecule has 0 radical (unpaired) electrons. The summed E-state index contributed by atoms with van der Waals surface area (Å²) in [6.07, 6.45) is 0.494. The third-order valence-electron chi connectivity index (χ3n) is 5.54. The first-order chi connectivity index (χ1) is 14.6. The Bertz CT molecular complexity index is 1080. The first kappa shape index (κ1) is 20.8. The maximum absolute atomic E-state index is 12.7. The second kappa shape index (κ2) is 7.64. The summed E-state index contributed by atoms with van der Waals surface area (Å²) in [5.41, 5.74) is 2.21. The van der Waals surface area contributed by atoms with Crippen LogP contribution in [0.15, 0.2) is 28.8 Å². The van der Waals surface area contributed by atoms with Crippen molar-refractivity contribution < 1.29 is 23.7 Å². The summed E-state index contributed by atoms with van der Waals surface area (Å²) in [7, 11) is 0. The lowest BCUT2D eigenvalue weighted by molar-refractivity contribution is -0.136. The van der Waals surface area contributed by atoms with Gasteiger partial charge < -0.3 is 14.7 Å². The van der Waals surface area contributed by atoms with Gasteiger partial charge in [-0.2, -0.15) is 0 Å². The van der Waals surface area contributed by atoms with Crippen LogP contribution in [0.2, 0.25) is 0 Å². The Balaban J connectivity index is 1.43. The van der Waals surface area contributed by atoms with Gasteiger partial charge in [0, 0.05) is 35.6 Å². The minimum atomic E-state index is -0.682. The summed E-state index contributed by atoms with van der Waals surface area (Å²) in [5.74, 6) is -0.808. The highest BCUT2D eigenvalue weighted by molar-refractivity contribution is 6.06. The highest BCUT2D eigenvalue weighted by Gasteiger charge is 2.39. The number of hydrogen-bond acceptors (Lipinski definition) is 6. The second-order valence-corrected chi connectivity index (χ2v) is 8.88. The molecule has 9 nitrogen and oxygen atoms in total. The van der Waals surface area contributed by atoms with E-state index < -0.39 is 11.9 Å². The van der Waals surface area contributed by atoms with E-state index in [-0.39, 0.29) is 42.6 Å². The summed E-state index contributed by atoms with van der Waals surface area (Å²) in [6.45, 7) is 6.49. The number of piperidine rings is 1. The molecule has 1 aromatic heterocycles. The maximum Gasteiger partial charge on any atom is 0.255 e. The first-order valence-corrected chi connectivity index (χ1v) is 10.2. The molecule has 2 aliphatic rings. The SMILES string of the molecule is CC(C)(C)c1cc(CNC(=O)c2ccc3c(c2)CN(C2CCC(=O)NC2=O)C3=O)on1. The van der Waals surface area contributed by atoms with Crippen LogP contribution in [0.25, 0.3) is 0 Å². The van der Waals surface area contributed by atoms with E-state index in [1.165, 1.54) is 4.90 Å². The Morgan fingerprint density at radius 3 is 2.71 bits per heavy atom. The predicted molar refractivity (Wildman–Crippen MR) is 109 cm³/mol. The zero-order chi connectivity index (χ0) is 22.3. The Kier molecular flexibility index (Phi) is 5.12. The Morgan fingerprint density at radius 1 is 1.26 bits per heavy atom. The number of rotatable bonds is 4. The van der Waals surface area contributed by atoms with Gasteiger partial charge in [0.05, 0.1) is 12.2 Å². The Labute approximate surface area is 179 Å². The minimum Gasteiger partial charge on any atom is -0.359 e. The molecule has 0 spiro atoms. The lowest BCUT2D eigenvalue weighted by Crippen LogP contribution is -2.52. The summed E-state index contributed by atoms with van der Waals surface area (Å²) < 4.78 is 5.29. The van der Waals surface area contributed by atoms with Crippen molar-refractivity contribution in [2.45, 2.75) is 58.2 Å². The number of carbonyl (C=O) groups is 4. The van der Waals surface area contributed by atoms with Gasteiger partial charge in [-0.3, -0.25) is 24.5 Å². The molecule has 0 bridgehead atoms. The van der Waals surface area contributed by atoms with Crippen LogP contribution in [0.3, 0.4) is 0 Å². The van der Waals surface area contributed by atoms with Crippen molar-refractivity contribution in [1.82, 2.24) is 20.7 Å². The van der Waals surface area contributed by atoms with Crippen LogP contribution in [0, 0.1) is 0 Å². The highest BCUT2D eigenvalue weighted by Crippen LogP contribution is 2.28. The van der Waals surface area contributed by atoms with Crippen molar-refractivity contribution in [3.8, 4) is 0 Å². The van der Waals surface area contributed by atoms with Crippen LogP contribution in [0.4, 0.5) is 0 Å². The number of amides is 4. The van der Waals surface area contributed by atoms with Gasteiger partial charge in [-0.05, 0) is 30.2 Å². The minimum absolute atomic E-state index is 0.146. The van der Waals surface area contributed by atoms with Crippen LogP contribution in [0.5, 0.6) is 0 Å². The standard InChI is InChI=1S/C22H24N4O5/c1-22(2,3)17-9-14(31-25-17)10-23-19(28)12-4-5-15-13(8-12)11-26(21(15)30)16-6-7-18(27)24-20(16)29/h4-5,8-9,16H,6-7,10-11H2,1-3H3,(H,23,28)(H,24,27,29). The van der Waals surface area contributed by atoms with E-state index in [0.717, 1.165) is 5.69 Å². The largest absolute Gasteiger partial charge is 0.359 e. The Morgan fingerprint density at radius 2 is 2.03 bits per heavy atom. The number of aromatic nitrogens is 1. The molecule has 4 rings (SSSR count). The quantitative estimate of drug-likeness (QED) is 0.720. The number of benzene rings is 1. The van der Waals surface area contributed by atoms with E-state index in [9.17, 15) is 19.2 Å². The molecule has 0 saturated carbocycles. The third-order valence-corrected chi connectivity index (χ3v) is 5.54. The van der Waals surface area contributed by atoms with E-state index in [1.807, 2.05) is 26.8 Å². The number of fused-ring (bicyclic) bond motifs is 1. The predicted octanol–water partition coefficient (Wildman–Crippen LogP) is 1.66. The van der Waals surface area contributed by atoms with Gasteiger partial charge in [0.25, 0.3) is 11.8 Å². The van der Waals surface area contributed by atoms with Gasteiger partial charge in [0.1, 0.15) is 6.04 Å². The molecular formula is C22H24N4O5. The van der Waals surface area contributed by atoms with Crippen LogP contribution in [-0.4, -0.2) is 39.7 Å². The van der Waals surface area contributed by atoms with Gasteiger partial charge in [0.15, 0.2) is 5.76 Å². The normalized spacial score (nSPS) is 18.7. The van der Waals surface area contributed by atoms with Gasteiger partial charge in [-0.25, -0.2) is 0 Å². The number of imide groups is 1. The molecule has 1 unspecified atom stereocenters. The Hall–Kier alpha value is -3.49. The number of nitrogens with zero attached hydrogens (tertiary/aromatic N) is 2. The van der Waals surface area contributed by atoms with E-state index >= 15 is 0 Å². The van der Waals surface area contributed by atoms with Crippen molar-refractivity contribution in [1.29, 1.82) is 0 Å². The monoisotopic (exact) mass is 424 g/mol. The molecule has 1 saturated heterocycles. The van der Waals surface area contributed by atoms with E-state index in [1.54, 1.807) is 18.2 Å². The summed E-state index contributed by atoms with van der Waals surface area (Å²) >= 11 is 0. The summed E-state index contributed by atoms with van der Waals surface area (Å²) in [4.78, 5) is 50.3. The molecule has 2 aliphatic heterocycles. The first-order valence-electron chi connectivity index (χ1n) is 10.2. The van der Waals surface area contributed by atoms with E-state index in [2.05, 4.69) is 15.8 Å². The average molecular weight is 424 g/mol. The smallest absolute Gasteiger partial charge is 0.255 e. The van der Waals surface area contributed by atoms with Crippen LogP contribution < -0.4 is 10.6 Å². The fourth-order valence-corrected chi connectivity index (χ4v) is 3.73. The zero-order valence-electron chi connectivity index (χ0n) is 17.7. The van der Waals surface area contributed by atoms with E-state index in [0.29, 0.717) is 28.9 Å². The molecule has 1 atom stereocenters. The summed E-state index contributed by atoms with van der Waals surface area (Å²) in [6, 6.07) is 5.99. The lowest BCUT2D eigenvalue weighted by Gasteiger charge is -2.29. The lowest BCUT2D eigenvalue weighted by atomic mass is 9.92.